The second-order valence-electron chi connectivity index (χ2n) is 13.0. The van der Waals surface area contributed by atoms with Crippen LogP contribution < -0.4 is 10.1 Å². The van der Waals surface area contributed by atoms with E-state index in [9.17, 15) is 4.79 Å². The van der Waals surface area contributed by atoms with Crippen LogP contribution in [0.15, 0.2) is 95.3 Å². The van der Waals surface area contributed by atoms with Crippen LogP contribution in [-0.2, 0) is 27.3 Å². The molecule has 7 nitrogen and oxygen atoms in total. The molecule has 1 fully saturated rings. The van der Waals surface area contributed by atoms with E-state index in [1.54, 1.807) is 11.8 Å². The number of allylic oxidation sites excluding steroid dienone is 1. The van der Waals surface area contributed by atoms with Gasteiger partial charge in [0, 0.05) is 11.4 Å². The Hall–Kier alpha value is -4.04. The zero-order chi connectivity index (χ0) is 31.4. The molecule has 1 saturated carbocycles. The number of thioether (sulfide) groups is 1. The van der Waals surface area contributed by atoms with Crippen LogP contribution in [0.25, 0.3) is 0 Å². The number of rotatable bonds is 9. The monoisotopic (exact) mass is 622 g/mol. The number of carbonyl (C=O) groups is 1. The van der Waals surface area contributed by atoms with Crippen LogP contribution in [0.5, 0.6) is 5.75 Å². The SMILES string of the molecule is CC1=C(C(=O)OC2CCCCC2)C(c2ccc(OCc3ccc(C(C)(C)C)cc3)cc2)n2nc(SCc3ccccc3)nc2N1. The molecular formula is C37H42N4O3S. The zero-order valence-corrected chi connectivity index (χ0v) is 27.4. The lowest BCUT2D eigenvalue weighted by Gasteiger charge is -2.30. The van der Waals surface area contributed by atoms with Gasteiger partial charge >= 0.3 is 5.97 Å². The van der Waals surface area contributed by atoms with Crippen molar-refractivity contribution in [2.45, 2.75) is 94.9 Å². The Labute approximate surface area is 270 Å². The molecule has 8 heteroatoms. The van der Waals surface area contributed by atoms with Gasteiger partial charge < -0.3 is 14.8 Å². The minimum Gasteiger partial charge on any atom is -0.489 e. The minimum atomic E-state index is -0.477. The van der Waals surface area contributed by atoms with Crippen LogP contribution in [-0.4, -0.2) is 26.8 Å². The van der Waals surface area contributed by atoms with E-state index in [0.29, 0.717) is 23.3 Å². The van der Waals surface area contributed by atoms with Gasteiger partial charge in [0.15, 0.2) is 0 Å². The Balaban J connectivity index is 1.23. The lowest BCUT2D eigenvalue weighted by atomic mass is 9.87. The molecule has 0 amide bonds. The first-order valence-electron chi connectivity index (χ1n) is 15.9. The number of nitrogens with one attached hydrogen (secondary N) is 1. The van der Waals surface area contributed by atoms with Crippen molar-refractivity contribution in [3.05, 3.63) is 112 Å². The van der Waals surface area contributed by atoms with Gasteiger partial charge in [-0.3, -0.25) is 0 Å². The van der Waals surface area contributed by atoms with Crippen molar-refractivity contribution >= 4 is 23.7 Å². The number of fused-ring (bicyclic) bond motifs is 1. The summed E-state index contributed by atoms with van der Waals surface area (Å²) in [5, 5.41) is 8.88. The molecule has 1 atom stereocenters. The van der Waals surface area contributed by atoms with Gasteiger partial charge in [0.1, 0.15) is 24.5 Å². The maximum atomic E-state index is 13.8. The second-order valence-corrected chi connectivity index (χ2v) is 13.9. The Morgan fingerprint density at radius 3 is 2.33 bits per heavy atom. The molecule has 1 N–H and O–H groups in total. The van der Waals surface area contributed by atoms with E-state index in [0.717, 1.165) is 54.0 Å². The topological polar surface area (TPSA) is 78.3 Å². The fourth-order valence-electron chi connectivity index (χ4n) is 5.90. The number of carbonyl (C=O) groups excluding carboxylic acids is 1. The highest BCUT2D eigenvalue weighted by atomic mass is 32.2. The lowest BCUT2D eigenvalue weighted by Crippen LogP contribution is -2.32. The molecular weight excluding hydrogens is 580 g/mol. The molecule has 234 valence electrons. The van der Waals surface area contributed by atoms with E-state index in [-0.39, 0.29) is 17.5 Å². The fraction of sp³-hybridized carbons (Fsp3) is 0.378. The summed E-state index contributed by atoms with van der Waals surface area (Å²) in [6, 6.07) is 26.3. The molecule has 1 aliphatic heterocycles. The zero-order valence-electron chi connectivity index (χ0n) is 26.6. The average molecular weight is 623 g/mol. The predicted molar refractivity (Wildman–Crippen MR) is 179 cm³/mol. The van der Waals surface area contributed by atoms with Gasteiger partial charge in [0.25, 0.3) is 0 Å². The summed E-state index contributed by atoms with van der Waals surface area (Å²) in [5.41, 5.74) is 5.94. The summed E-state index contributed by atoms with van der Waals surface area (Å²) in [6.45, 7) is 9.04. The quantitative estimate of drug-likeness (QED) is 0.148. The first-order chi connectivity index (χ1) is 21.7. The summed E-state index contributed by atoms with van der Waals surface area (Å²) in [7, 11) is 0. The number of anilines is 1. The summed E-state index contributed by atoms with van der Waals surface area (Å²) in [4.78, 5) is 18.6. The molecule has 0 spiro atoms. The van der Waals surface area contributed by atoms with Gasteiger partial charge in [-0.15, -0.1) is 5.10 Å². The van der Waals surface area contributed by atoms with Crippen LogP contribution in [0, 0.1) is 0 Å². The number of aromatic nitrogens is 3. The van der Waals surface area contributed by atoms with Crippen molar-refractivity contribution in [3.8, 4) is 5.75 Å². The molecule has 2 aliphatic rings. The van der Waals surface area contributed by atoms with Gasteiger partial charge in [-0.1, -0.05) is 106 Å². The summed E-state index contributed by atoms with van der Waals surface area (Å²) < 4.78 is 14.1. The number of benzene rings is 3. The highest BCUT2D eigenvalue weighted by Crippen LogP contribution is 2.38. The van der Waals surface area contributed by atoms with Gasteiger partial charge in [-0.2, -0.15) is 4.98 Å². The van der Waals surface area contributed by atoms with E-state index in [4.69, 9.17) is 19.6 Å². The number of nitrogens with zero attached hydrogens (tertiary/aromatic N) is 3. The first-order valence-corrected chi connectivity index (χ1v) is 16.9. The van der Waals surface area contributed by atoms with Gasteiger partial charge in [0.2, 0.25) is 11.1 Å². The first kappa shape index (κ1) is 31.0. The van der Waals surface area contributed by atoms with E-state index >= 15 is 0 Å². The molecule has 0 radical (unpaired) electrons. The Morgan fingerprint density at radius 2 is 1.64 bits per heavy atom. The molecule has 0 bridgehead atoms. The summed E-state index contributed by atoms with van der Waals surface area (Å²) in [6.07, 6.45) is 5.16. The number of hydrogen-bond acceptors (Lipinski definition) is 7. The maximum absolute atomic E-state index is 13.8. The standard InChI is InChI=1S/C37H42N4O3S/c1-25-32(34(42)44-31-13-9-6-10-14-31)33(41-35(38-25)39-36(40-41)45-24-27-11-7-5-8-12-27)28-17-21-30(22-18-28)43-23-26-15-19-29(20-16-26)37(2,3)4/h5,7-8,11-12,15-22,31,33H,6,9-10,13-14,23-24H2,1-4H3,(H,38,39,40). The molecule has 4 aromatic rings. The third kappa shape index (κ3) is 7.44. The molecule has 1 aromatic heterocycles. The summed E-state index contributed by atoms with van der Waals surface area (Å²) in [5.74, 6) is 1.83. The third-order valence-corrected chi connectivity index (χ3v) is 9.42. The van der Waals surface area contributed by atoms with Crippen LogP contribution >= 0.6 is 11.8 Å². The van der Waals surface area contributed by atoms with E-state index in [1.165, 1.54) is 17.5 Å². The molecule has 0 saturated heterocycles. The van der Waals surface area contributed by atoms with Crippen molar-refractivity contribution in [3.63, 3.8) is 0 Å². The van der Waals surface area contributed by atoms with Gasteiger partial charge in [-0.05, 0) is 72.4 Å². The molecule has 1 unspecified atom stereocenters. The van der Waals surface area contributed by atoms with Crippen LogP contribution in [0.2, 0.25) is 0 Å². The largest absolute Gasteiger partial charge is 0.489 e. The van der Waals surface area contributed by atoms with Crippen molar-refractivity contribution in [2.75, 3.05) is 5.32 Å². The van der Waals surface area contributed by atoms with Crippen molar-refractivity contribution in [2.24, 2.45) is 0 Å². The summed E-state index contributed by atoms with van der Waals surface area (Å²) >= 11 is 1.57. The number of esters is 1. The molecule has 3 aromatic carbocycles. The third-order valence-electron chi connectivity index (χ3n) is 8.51. The van der Waals surface area contributed by atoms with Gasteiger partial charge in [-0.25, -0.2) is 9.48 Å². The van der Waals surface area contributed by atoms with Gasteiger partial charge in [0.05, 0.1) is 5.57 Å². The van der Waals surface area contributed by atoms with Crippen molar-refractivity contribution in [1.29, 1.82) is 0 Å². The number of ether oxygens (including phenoxy) is 2. The highest BCUT2D eigenvalue weighted by Gasteiger charge is 2.36. The smallest absolute Gasteiger partial charge is 0.338 e. The Bertz CT molecular complexity index is 1630. The molecule has 6 rings (SSSR count). The average Bonchev–Trinajstić information content (AvgIpc) is 3.45. The highest BCUT2D eigenvalue weighted by molar-refractivity contribution is 7.98. The van der Waals surface area contributed by atoms with E-state index < -0.39 is 6.04 Å². The number of hydrogen-bond donors (Lipinski definition) is 1. The molecule has 1 aliphatic carbocycles. The Morgan fingerprint density at radius 1 is 0.933 bits per heavy atom. The van der Waals surface area contributed by atoms with Crippen molar-refractivity contribution in [1.82, 2.24) is 14.8 Å². The Kier molecular flexibility index (Phi) is 9.31. The van der Waals surface area contributed by atoms with E-state index in [2.05, 4.69) is 62.5 Å². The van der Waals surface area contributed by atoms with Crippen LogP contribution in [0.3, 0.4) is 0 Å². The maximum Gasteiger partial charge on any atom is 0.338 e. The minimum absolute atomic E-state index is 0.0467. The van der Waals surface area contributed by atoms with Crippen LogP contribution in [0.4, 0.5) is 5.95 Å². The normalized spacial score (nSPS) is 17.0. The van der Waals surface area contributed by atoms with Crippen LogP contribution in [0.1, 0.15) is 88.1 Å². The molecule has 45 heavy (non-hydrogen) atoms. The lowest BCUT2D eigenvalue weighted by molar-refractivity contribution is -0.146. The fourth-order valence-corrected chi connectivity index (χ4v) is 6.68. The van der Waals surface area contributed by atoms with Crippen molar-refractivity contribution < 1.29 is 14.3 Å². The molecule has 2 heterocycles. The predicted octanol–water partition coefficient (Wildman–Crippen LogP) is 8.61. The second kappa shape index (κ2) is 13.5. The van der Waals surface area contributed by atoms with E-state index in [1.807, 2.05) is 54.1 Å².